The second-order valence-corrected chi connectivity index (χ2v) is 9.17. The van der Waals surface area contributed by atoms with Crippen molar-refractivity contribution in [1.29, 1.82) is 0 Å². The van der Waals surface area contributed by atoms with Gasteiger partial charge in [-0.1, -0.05) is 66.2 Å². The fourth-order valence-electron chi connectivity index (χ4n) is 3.57. The number of carbonyl (C=O) groups is 2. The van der Waals surface area contributed by atoms with E-state index >= 15 is 0 Å². The molecule has 4 aromatic rings. The van der Waals surface area contributed by atoms with Crippen molar-refractivity contribution in [2.24, 2.45) is 0 Å². The minimum absolute atomic E-state index is 0.118. The van der Waals surface area contributed by atoms with Gasteiger partial charge in [-0.05, 0) is 36.2 Å². The maximum absolute atomic E-state index is 12.8. The summed E-state index contributed by atoms with van der Waals surface area (Å²) in [5.41, 5.74) is 2.26. The van der Waals surface area contributed by atoms with Crippen molar-refractivity contribution in [2.45, 2.75) is 25.3 Å². The molecule has 3 aromatic carbocycles. The molecule has 0 bridgehead atoms. The number of amides is 2. The molecule has 0 spiro atoms. The van der Waals surface area contributed by atoms with Gasteiger partial charge in [-0.2, -0.15) is 0 Å². The van der Waals surface area contributed by atoms with E-state index < -0.39 is 6.04 Å². The molecule has 168 valence electrons. The van der Waals surface area contributed by atoms with Gasteiger partial charge >= 0.3 is 0 Å². The zero-order valence-electron chi connectivity index (χ0n) is 18.0. The van der Waals surface area contributed by atoms with Crippen molar-refractivity contribution in [3.63, 3.8) is 0 Å². The Hall–Kier alpha value is -3.22. The summed E-state index contributed by atoms with van der Waals surface area (Å²) >= 11 is 7.86. The van der Waals surface area contributed by atoms with Gasteiger partial charge in [0, 0.05) is 13.0 Å². The third kappa shape index (κ3) is 6.18. The Morgan fingerprint density at radius 1 is 0.939 bits per heavy atom. The van der Waals surface area contributed by atoms with Gasteiger partial charge in [0.15, 0.2) is 0 Å². The number of hydrogen-bond acceptors (Lipinski definition) is 4. The molecule has 0 saturated heterocycles. The van der Waals surface area contributed by atoms with Gasteiger partial charge in [0.05, 0.1) is 38.3 Å². The molecule has 0 aliphatic heterocycles. The SMILES string of the molecule is O=C(C[C@@H](NC(=O)c1ccccc1Cl)c1ccccc1)NCCCc1nc2ccccc2s1. The first kappa shape index (κ1) is 23.0. The number of nitrogens with one attached hydrogen (secondary N) is 2. The molecule has 5 nitrogen and oxygen atoms in total. The molecule has 0 radical (unpaired) electrons. The summed E-state index contributed by atoms with van der Waals surface area (Å²) in [5.74, 6) is -0.425. The van der Waals surface area contributed by atoms with Crippen molar-refractivity contribution in [3.8, 4) is 0 Å². The summed E-state index contributed by atoms with van der Waals surface area (Å²) in [6.45, 7) is 0.550. The highest BCUT2D eigenvalue weighted by Gasteiger charge is 2.20. The van der Waals surface area contributed by atoms with Crippen LogP contribution in [-0.4, -0.2) is 23.3 Å². The van der Waals surface area contributed by atoms with E-state index in [0.717, 1.165) is 28.9 Å². The van der Waals surface area contributed by atoms with Gasteiger partial charge in [0.25, 0.3) is 5.91 Å². The van der Waals surface area contributed by atoms with Crippen LogP contribution in [0.3, 0.4) is 0 Å². The number of nitrogens with zero attached hydrogens (tertiary/aromatic N) is 1. The summed E-state index contributed by atoms with van der Waals surface area (Å²) in [7, 11) is 0. The molecule has 1 atom stereocenters. The van der Waals surface area contributed by atoms with E-state index in [-0.39, 0.29) is 18.2 Å². The van der Waals surface area contributed by atoms with Crippen LogP contribution in [0.1, 0.15) is 39.8 Å². The number of hydrogen-bond donors (Lipinski definition) is 2. The molecule has 7 heteroatoms. The van der Waals surface area contributed by atoms with Crippen molar-refractivity contribution in [1.82, 2.24) is 15.6 Å². The maximum atomic E-state index is 12.8. The van der Waals surface area contributed by atoms with Crippen LogP contribution in [0.2, 0.25) is 5.02 Å². The Bertz CT molecular complexity index is 1210. The molecule has 0 unspecified atom stereocenters. The molecule has 0 aliphatic rings. The van der Waals surface area contributed by atoms with Gasteiger partial charge in [0.1, 0.15) is 0 Å². The highest BCUT2D eigenvalue weighted by molar-refractivity contribution is 7.18. The van der Waals surface area contributed by atoms with E-state index in [1.165, 1.54) is 4.70 Å². The lowest BCUT2D eigenvalue weighted by Gasteiger charge is -2.19. The number of aryl methyl sites for hydroxylation is 1. The topological polar surface area (TPSA) is 71.1 Å². The van der Waals surface area contributed by atoms with Crippen molar-refractivity contribution in [2.75, 3.05) is 6.54 Å². The largest absolute Gasteiger partial charge is 0.356 e. The van der Waals surface area contributed by atoms with Crippen LogP contribution >= 0.6 is 22.9 Å². The van der Waals surface area contributed by atoms with Crippen LogP contribution in [0.4, 0.5) is 0 Å². The Balaban J connectivity index is 1.33. The second-order valence-electron chi connectivity index (χ2n) is 7.65. The van der Waals surface area contributed by atoms with Gasteiger partial charge in [-0.25, -0.2) is 4.98 Å². The molecule has 0 fully saturated rings. The molecule has 2 amide bonds. The number of carbonyl (C=O) groups excluding carboxylic acids is 2. The Morgan fingerprint density at radius 2 is 1.67 bits per heavy atom. The summed E-state index contributed by atoms with van der Waals surface area (Å²) in [4.78, 5) is 30.1. The third-order valence-electron chi connectivity index (χ3n) is 5.24. The molecule has 0 saturated carbocycles. The van der Waals surface area contributed by atoms with Gasteiger partial charge in [0.2, 0.25) is 5.91 Å². The van der Waals surface area contributed by atoms with Crippen LogP contribution < -0.4 is 10.6 Å². The number of fused-ring (bicyclic) bond motifs is 1. The van der Waals surface area contributed by atoms with Crippen LogP contribution in [0, 0.1) is 0 Å². The number of rotatable bonds is 9. The highest BCUT2D eigenvalue weighted by atomic mass is 35.5. The smallest absolute Gasteiger partial charge is 0.253 e. The van der Waals surface area contributed by atoms with E-state index in [1.807, 2.05) is 48.5 Å². The van der Waals surface area contributed by atoms with E-state index in [9.17, 15) is 9.59 Å². The summed E-state index contributed by atoms with van der Waals surface area (Å²) in [6, 6.07) is 24.0. The fraction of sp³-hybridized carbons (Fsp3) is 0.192. The zero-order valence-corrected chi connectivity index (χ0v) is 19.5. The first-order valence-electron chi connectivity index (χ1n) is 10.8. The molecule has 1 aromatic heterocycles. The van der Waals surface area contributed by atoms with Crippen molar-refractivity contribution in [3.05, 3.63) is 100 Å². The second kappa shape index (κ2) is 11.1. The minimum atomic E-state index is -0.459. The molecule has 33 heavy (non-hydrogen) atoms. The third-order valence-corrected chi connectivity index (χ3v) is 6.67. The summed E-state index contributed by atoms with van der Waals surface area (Å²) in [5, 5.41) is 7.38. The average Bonchev–Trinajstić information content (AvgIpc) is 3.25. The first-order chi connectivity index (χ1) is 16.1. The Morgan fingerprint density at radius 3 is 2.45 bits per heavy atom. The number of aromatic nitrogens is 1. The molecule has 4 rings (SSSR count). The van der Waals surface area contributed by atoms with Gasteiger partial charge in [-0.3, -0.25) is 9.59 Å². The quantitative estimate of drug-likeness (QED) is 0.310. The molecule has 1 heterocycles. The monoisotopic (exact) mass is 477 g/mol. The van der Waals surface area contributed by atoms with E-state index in [4.69, 9.17) is 11.6 Å². The van der Waals surface area contributed by atoms with Crippen LogP contribution in [-0.2, 0) is 11.2 Å². The van der Waals surface area contributed by atoms with Crippen molar-refractivity contribution < 1.29 is 9.59 Å². The molecular weight excluding hydrogens is 454 g/mol. The zero-order chi connectivity index (χ0) is 23.0. The Labute approximate surface area is 201 Å². The fourth-order valence-corrected chi connectivity index (χ4v) is 4.80. The maximum Gasteiger partial charge on any atom is 0.253 e. The predicted molar refractivity (Wildman–Crippen MR) is 134 cm³/mol. The molecule has 0 aliphatic carbocycles. The lowest BCUT2D eigenvalue weighted by Crippen LogP contribution is -2.34. The van der Waals surface area contributed by atoms with Crippen molar-refractivity contribution >= 4 is 45.0 Å². The van der Waals surface area contributed by atoms with Gasteiger partial charge in [-0.15, -0.1) is 11.3 Å². The summed E-state index contributed by atoms with van der Waals surface area (Å²) in [6.07, 6.45) is 1.75. The number of benzene rings is 3. The summed E-state index contributed by atoms with van der Waals surface area (Å²) < 4.78 is 1.18. The highest BCUT2D eigenvalue weighted by Crippen LogP contribution is 2.23. The molecule has 2 N–H and O–H groups in total. The van der Waals surface area contributed by atoms with Gasteiger partial charge < -0.3 is 10.6 Å². The number of para-hydroxylation sites is 1. The minimum Gasteiger partial charge on any atom is -0.356 e. The standard InChI is InChI=1S/C26H24ClN3O2S/c27-20-12-5-4-11-19(20)26(32)30-22(18-9-2-1-3-10-18)17-24(31)28-16-8-15-25-29-21-13-6-7-14-23(21)33-25/h1-7,9-14,22H,8,15-17H2,(H,28,31)(H,30,32)/t22-/m1/s1. The normalized spacial score (nSPS) is 11.8. The lowest BCUT2D eigenvalue weighted by atomic mass is 10.0. The number of halogens is 1. The van der Waals surface area contributed by atoms with E-state index in [2.05, 4.69) is 21.7 Å². The molecular formula is C26H24ClN3O2S. The Kier molecular flexibility index (Phi) is 7.70. The lowest BCUT2D eigenvalue weighted by molar-refractivity contribution is -0.121. The van der Waals surface area contributed by atoms with Crippen LogP contribution in [0.5, 0.6) is 0 Å². The number of thiazole rings is 1. The van der Waals surface area contributed by atoms with E-state index in [0.29, 0.717) is 17.1 Å². The average molecular weight is 478 g/mol. The van der Waals surface area contributed by atoms with Crippen LogP contribution in [0.15, 0.2) is 78.9 Å². The predicted octanol–water partition coefficient (Wildman–Crippen LogP) is 5.56. The first-order valence-corrected chi connectivity index (χ1v) is 12.0. The van der Waals surface area contributed by atoms with E-state index in [1.54, 1.807) is 35.6 Å². The van der Waals surface area contributed by atoms with Crippen LogP contribution in [0.25, 0.3) is 10.2 Å².